The molecule has 21 heavy (non-hydrogen) atoms. The summed E-state index contributed by atoms with van der Waals surface area (Å²) in [7, 11) is -3.16. The Hall–Kier alpha value is -1.07. The molecule has 0 atom stereocenters. The fourth-order valence-corrected chi connectivity index (χ4v) is 3.92. The topological polar surface area (TPSA) is 49.4 Å². The summed E-state index contributed by atoms with van der Waals surface area (Å²) < 4.78 is 24.5. The molecule has 1 aliphatic rings. The summed E-state index contributed by atoms with van der Waals surface area (Å²) >= 11 is 0. The average molecular weight is 310 g/mol. The highest BCUT2D eigenvalue weighted by Gasteiger charge is 2.24. The van der Waals surface area contributed by atoms with Gasteiger partial charge in [-0.25, -0.2) is 8.42 Å². The lowest BCUT2D eigenvalue weighted by Crippen LogP contribution is -2.43. The Bertz CT molecular complexity index is 549. The number of hydrogen-bond acceptors (Lipinski definition) is 4. The van der Waals surface area contributed by atoms with Gasteiger partial charge in [0.05, 0.1) is 16.3 Å². The Kier molecular flexibility index (Phi) is 5.65. The molecule has 1 fully saturated rings. The quantitative estimate of drug-likeness (QED) is 0.877. The first-order chi connectivity index (χ1) is 10.1. The van der Waals surface area contributed by atoms with E-state index in [0.717, 1.165) is 44.6 Å². The van der Waals surface area contributed by atoms with E-state index in [1.54, 1.807) is 13.0 Å². The van der Waals surface area contributed by atoms with Crippen molar-refractivity contribution in [1.82, 2.24) is 5.32 Å². The molecule has 0 spiro atoms. The summed E-state index contributed by atoms with van der Waals surface area (Å²) in [5, 5.41) is 3.55. The summed E-state index contributed by atoms with van der Waals surface area (Å²) in [5.74, 6) is 0.151. The second-order valence-corrected chi connectivity index (χ2v) is 7.83. The van der Waals surface area contributed by atoms with E-state index < -0.39 is 9.84 Å². The van der Waals surface area contributed by atoms with Crippen LogP contribution in [0.15, 0.2) is 29.2 Å². The Labute approximate surface area is 128 Å². The van der Waals surface area contributed by atoms with Gasteiger partial charge in [-0.3, -0.25) is 0 Å². The summed E-state index contributed by atoms with van der Waals surface area (Å²) in [6, 6.07) is 7.96. The van der Waals surface area contributed by atoms with Crippen LogP contribution >= 0.6 is 0 Å². The molecule has 4 nitrogen and oxygen atoms in total. The van der Waals surface area contributed by atoms with E-state index in [1.807, 2.05) is 18.2 Å². The standard InChI is InChI=1S/C16H26N2O2S/c1-3-11-17-14-9-12-18(13-10-14)15-7-5-6-8-16(15)21(19,20)4-2/h5-8,14,17H,3-4,9-13H2,1-2H3. The van der Waals surface area contributed by atoms with Crippen molar-refractivity contribution in [3.8, 4) is 0 Å². The molecule has 0 aliphatic carbocycles. The Morgan fingerprint density at radius 2 is 1.86 bits per heavy atom. The number of piperidine rings is 1. The molecule has 0 unspecified atom stereocenters. The van der Waals surface area contributed by atoms with Crippen LogP contribution in [0.2, 0.25) is 0 Å². The van der Waals surface area contributed by atoms with Gasteiger partial charge in [-0.15, -0.1) is 0 Å². The van der Waals surface area contributed by atoms with E-state index in [0.29, 0.717) is 10.9 Å². The molecule has 0 saturated carbocycles. The number of hydrogen-bond donors (Lipinski definition) is 1. The minimum absolute atomic E-state index is 0.151. The highest BCUT2D eigenvalue weighted by Crippen LogP contribution is 2.28. The van der Waals surface area contributed by atoms with Gasteiger partial charge in [-0.1, -0.05) is 26.0 Å². The maximum absolute atomic E-state index is 12.2. The van der Waals surface area contributed by atoms with Crippen molar-refractivity contribution in [2.75, 3.05) is 30.3 Å². The van der Waals surface area contributed by atoms with Crippen LogP contribution in [0.25, 0.3) is 0 Å². The minimum Gasteiger partial charge on any atom is -0.370 e. The van der Waals surface area contributed by atoms with Gasteiger partial charge in [0.25, 0.3) is 0 Å². The second-order valence-electron chi connectivity index (χ2n) is 5.59. The number of benzene rings is 1. The van der Waals surface area contributed by atoms with Crippen molar-refractivity contribution in [3.63, 3.8) is 0 Å². The lowest BCUT2D eigenvalue weighted by molar-refractivity contribution is 0.415. The number of nitrogens with zero attached hydrogens (tertiary/aromatic N) is 1. The molecule has 2 rings (SSSR count). The Morgan fingerprint density at radius 1 is 1.19 bits per heavy atom. The maximum atomic E-state index is 12.2. The predicted molar refractivity (Wildman–Crippen MR) is 87.7 cm³/mol. The zero-order valence-electron chi connectivity index (χ0n) is 13.0. The molecule has 0 bridgehead atoms. The molecule has 0 radical (unpaired) electrons. The first-order valence-corrected chi connectivity index (χ1v) is 9.53. The van der Waals surface area contributed by atoms with Crippen molar-refractivity contribution in [2.45, 2.75) is 44.0 Å². The van der Waals surface area contributed by atoms with Gasteiger partial charge in [0, 0.05) is 19.1 Å². The third-order valence-electron chi connectivity index (χ3n) is 4.10. The van der Waals surface area contributed by atoms with E-state index in [2.05, 4.69) is 17.1 Å². The number of para-hydroxylation sites is 1. The molecule has 1 N–H and O–H groups in total. The van der Waals surface area contributed by atoms with Crippen molar-refractivity contribution in [1.29, 1.82) is 0 Å². The van der Waals surface area contributed by atoms with E-state index in [1.165, 1.54) is 0 Å². The molecule has 1 heterocycles. The predicted octanol–water partition coefficient (Wildman–Crippen LogP) is 2.45. The number of sulfone groups is 1. The lowest BCUT2D eigenvalue weighted by atomic mass is 10.0. The first-order valence-electron chi connectivity index (χ1n) is 7.88. The number of nitrogens with one attached hydrogen (secondary N) is 1. The van der Waals surface area contributed by atoms with Crippen LogP contribution < -0.4 is 10.2 Å². The molecule has 0 aromatic heterocycles. The van der Waals surface area contributed by atoms with Gasteiger partial charge in [0.2, 0.25) is 0 Å². The Balaban J connectivity index is 2.11. The highest BCUT2D eigenvalue weighted by atomic mass is 32.2. The number of anilines is 1. The molecule has 1 saturated heterocycles. The van der Waals surface area contributed by atoms with E-state index in [4.69, 9.17) is 0 Å². The monoisotopic (exact) mass is 310 g/mol. The zero-order valence-corrected chi connectivity index (χ0v) is 13.8. The average Bonchev–Trinajstić information content (AvgIpc) is 2.53. The van der Waals surface area contributed by atoms with E-state index in [-0.39, 0.29) is 5.75 Å². The van der Waals surface area contributed by atoms with Crippen LogP contribution in [0.3, 0.4) is 0 Å². The van der Waals surface area contributed by atoms with Crippen LogP contribution in [-0.2, 0) is 9.84 Å². The zero-order chi connectivity index (χ0) is 15.3. The van der Waals surface area contributed by atoms with Gasteiger partial charge >= 0.3 is 0 Å². The van der Waals surface area contributed by atoms with Gasteiger partial charge in [-0.05, 0) is 37.9 Å². The van der Waals surface area contributed by atoms with Crippen LogP contribution in [-0.4, -0.2) is 39.8 Å². The molecular formula is C16H26N2O2S. The molecule has 1 aliphatic heterocycles. The third-order valence-corrected chi connectivity index (χ3v) is 5.87. The number of rotatable bonds is 6. The van der Waals surface area contributed by atoms with Crippen molar-refractivity contribution >= 4 is 15.5 Å². The third kappa shape index (κ3) is 3.98. The smallest absolute Gasteiger partial charge is 0.180 e. The van der Waals surface area contributed by atoms with Crippen molar-refractivity contribution < 1.29 is 8.42 Å². The van der Waals surface area contributed by atoms with Crippen LogP contribution in [0.1, 0.15) is 33.1 Å². The molecular weight excluding hydrogens is 284 g/mol. The Morgan fingerprint density at radius 3 is 2.48 bits per heavy atom. The van der Waals surface area contributed by atoms with Crippen molar-refractivity contribution in [3.05, 3.63) is 24.3 Å². The molecule has 1 aromatic carbocycles. The van der Waals surface area contributed by atoms with Crippen LogP contribution in [0.4, 0.5) is 5.69 Å². The van der Waals surface area contributed by atoms with Gasteiger partial charge in [0.1, 0.15) is 0 Å². The van der Waals surface area contributed by atoms with E-state index in [9.17, 15) is 8.42 Å². The van der Waals surface area contributed by atoms with Crippen LogP contribution in [0, 0.1) is 0 Å². The van der Waals surface area contributed by atoms with Gasteiger partial charge in [-0.2, -0.15) is 0 Å². The SMILES string of the molecule is CCCNC1CCN(c2ccccc2S(=O)(=O)CC)CC1. The normalized spacial score (nSPS) is 17.1. The first kappa shape index (κ1) is 16.3. The highest BCUT2D eigenvalue weighted by molar-refractivity contribution is 7.91. The lowest BCUT2D eigenvalue weighted by Gasteiger charge is -2.35. The summed E-state index contributed by atoms with van der Waals surface area (Å²) in [6.07, 6.45) is 3.29. The van der Waals surface area contributed by atoms with E-state index >= 15 is 0 Å². The van der Waals surface area contributed by atoms with Gasteiger partial charge < -0.3 is 10.2 Å². The summed E-state index contributed by atoms with van der Waals surface area (Å²) in [4.78, 5) is 2.69. The second kappa shape index (κ2) is 7.27. The van der Waals surface area contributed by atoms with Crippen LogP contribution in [0.5, 0.6) is 0 Å². The molecule has 1 aromatic rings. The largest absolute Gasteiger partial charge is 0.370 e. The molecule has 5 heteroatoms. The van der Waals surface area contributed by atoms with Crippen molar-refractivity contribution in [2.24, 2.45) is 0 Å². The molecule has 118 valence electrons. The minimum atomic E-state index is -3.16. The summed E-state index contributed by atoms with van der Waals surface area (Å²) in [5.41, 5.74) is 0.869. The summed E-state index contributed by atoms with van der Waals surface area (Å²) in [6.45, 7) is 6.77. The molecule has 0 amide bonds. The van der Waals surface area contributed by atoms with Gasteiger partial charge in [0.15, 0.2) is 9.84 Å². The fraction of sp³-hybridized carbons (Fsp3) is 0.625. The fourth-order valence-electron chi connectivity index (χ4n) is 2.81. The maximum Gasteiger partial charge on any atom is 0.180 e.